The Bertz CT molecular complexity index is 775. The van der Waals surface area contributed by atoms with Crippen LogP contribution in [0.3, 0.4) is 0 Å². The maximum Gasteiger partial charge on any atom is 0.264 e. The molecule has 0 unspecified atom stereocenters. The van der Waals surface area contributed by atoms with Crippen LogP contribution in [0.25, 0.3) is 0 Å². The maximum atomic E-state index is 12.9. The van der Waals surface area contributed by atoms with Crippen molar-refractivity contribution in [1.82, 2.24) is 4.98 Å². The lowest BCUT2D eigenvalue weighted by molar-refractivity contribution is -0.255. The summed E-state index contributed by atoms with van der Waals surface area (Å²) in [5, 5.41) is 10.7. The van der Waals surface area contributed by atoms with Crippen LogP contribution in [0.5, 0.6) is 0 Å². The van der Waals surface area contributed by atoms with Crippen LogP contribution in [-0.4, -0.2) is 26.4 Å². The molecule has 0 bridgehead atoms. The molecule has 1 aromatic heterocycles. The Morgan fingerprint density at radius 3 is 2.43 bits per heavy atom. The van der Waals surface area contributed by atoms with E-state index in [0.717, 1.165) is 40.8 Å². The zero-order valence-corrected chi connectivity index (χ0v) is 11.7. The molecule has 0 radical (unpaired) electrons. The van der Waals surface area contributed by atoms with Crippen LogP contribution in [0.4, 0.5) is 10.1 Å². The Morgan fingerprint density at radius 2 is 1.86 bits per heavy atom. The first-order valence-electron chi connectivity index (χ1n) is 5.74. The average Bonchev–Trinajstić information content (AvgIpc) is 2.47. The van der Waals surface area contributed by atoms with Gasteiger partial charge in [0.2, 0.25) is 0 Å². The van der Waals surface area contributed by atoms with Gasteiger partial charge in [-0.15, -0.1) is 0 Å². The molecule has 0 atom stereocenters. The molecule has 8 heteroatoms. The zero-order chi connectivity index (χ0) is 15.6. The van der Waals surface area contributed by atoms with Crippen molar-refractivity contribution in [2.75, 3.05) is 11.4 Å². The van der Waals surface area contributed by atoms with Gasteiger partial charge in [-0.1, -0.05) is 0 Å². The van der Waals surface area contributed by atoms with Crippen LogP contribution >= 0.6 is 0 Å². The number of carboxylic acid groups (broad SMARTS) is 1. The van der Waals surface area contributed by atoms with E-state index in [1.165, 1.54) is 13.1 Å². The van der Waals surface area contributed by atoms with Gasteiger partial charge in [-0.2, -0.15) is 0 Å². The average molecular weight is 309 g/mol. The van der Waals surface area contributed by atoms with E-state index in [9.17, 15) is 22.7 Å². The fourth-order valence-electron chi connectivity index (χ4n) is 1.63. The van der Waals surface area contributed by atoms with Crippen molar-refractivity contribution < 1.29 is 22.7 Å². The van der Waals surface area contributed by atoms with Crippen molar-refractivity contribution in [3.05, 3.63) is 54.1 Å². The summed E-state index contributed by atoms with van der Waals surface area (Å²) >= 11 is 0. The van der Waals surface area contributed by atoms with Crippen LogP contribution in [0.2, 0.25) is 0 Å². The topological polar surface area (TPSA) is 90.4 Å². The van der Waals surface area contributed by atoms with Gasteiger partial charge in [-0.25, -0.2) is 12.8 Å². The first kappa shape index (κ1) is 14.9. The molecule has 0 saturated carbocycles. The van der Waals surface area contributed by atoms with E-state index >= 15 is 0 Å². The van der Waals surface area contributed by atoms with Crippen LogP contribution in [0, 0.1) is 5.82 Å². The van der Waals surface area contributed by atoms with Gasteiger partial charge >= 0.3 is 0 Å². The minimum atomic E-state index is -3.93. The van der Waals surface area contributed by atoms with E-state index in [4.69, 9.17) is 0 Å². The standard InChI is InChI=1S/C13H11FN2O4S/c1-16(10-6-7-15-12(8-10)13(17)18)21(19,20)11-4-2-9(14)3-5-11/h2-8H,1H3,(H,17,18)/p-1. The Labute approximate surface area is 120 Å². The van der Waals surface area contributed by atoms with Crippen molar-refractivity contribution in [1.29, 1.82) is 0 Å². The molecule has 2 rings (SSSR count). The SMILES string of the molecule is CN(c1ccnc(C(=O)[O-])c1)S(=O)(=O)c1ccc(F)cc1. The Kier molecular flexibility index (Phi) is 3.90. The summed E-state index contributed by atoms with van der Waals surface area (Å²) in [6.45, 7) is 0. The zero-order valence-electron chi connectivity index (χ0n) is 10.9. The van der Waals surface area contributed by atoms with E-state index in [2.05, 4.69) is 4.98 Å². The molecule has 21 heavy (non-hydrogen) atoms. The number of aromatic carboxylic acids is 1. The summed E-state index contributed by atoms with van der Waals surface area (Å²) in [7, 11) is -2.67. The molecule has 0 aliphatic rings. The Morgan fingerprint density at radius 1 is 1.24 bits per heavy atom. The lowest BCUT2D eigenvalue weighted by Gasteiger charge is -2.20. The van der Waals surface area contributed by atoms with Crippen LogP contribution in [0.1, 0.15) is 10.5 Å². The van der Waals surface area contributed by atoms with Crippen molar-refractivity contribution in [2.24, 2.45) is 0 Å². The van der Waals surface area contributed by atoms with E-state index in [0.29, 0.717) is 0 Å². The predicted molar refractivity (Wildman–Crippen MR) is 70.6 cm³/mol. The molecule has 0 N–H and O–H groups in total. The smallest absolute Gasteiger partial charge is 0.264 e. The number of carboxylic acids is 1. The number of rotatable bonds is 4. The minimum Gasteiger partial charge on any atom is -0.543 e. The van der Waals surface area contributed by atoms with Crippen molar-refractivity contribution in [3.8, 4) is 0 Å². The van der Waals surface area contributed by atoms with Gasteiger partial charge in [-0.3, -0.25) is 9.29 Å². The number of nitrogens with zero attached hydrogens (tertiary/aromatic N) is 2. The minimum absolute atomic E-state index is 0.105. The van der Waals surface area contributed by atoms with E-state index in [1.54, 1.807) is 0 Å². The third-order valence-electron chi connectivity index (χ3n) is 2.79. The molecular formula is C13H10FN2O4S-. The number of carbonyl (C=O) groups is 1. The molecule has 0 spiro atoms. The summed E-state index contributed by atoms with van der Waals surface area (Å²) in [5.41, 5.74) is -0.276. The summed E-state index contributed by atoms with van der Waals surface area (Å²) < 4.78 is 38.4. The fourth-order valence-corrected chi connectivity index (χ4v) is 2.82. The Balaban J connectivity index is 2.43. The van der Waals surface area contributed by atoms with Gasteiger partial charge in [0, 0.05) is 13.2 Å². The van der Waals surface area contributed by atoms with Gasteiger partial charge < -0.3 is 9.90 Å². The lowest BCUT2D eigenvalue weighted by atomic mass is 10.3. The van der Waals surface area contributed by atoms with Crippen molar-refractivity contribution >= 4 is 21.7 Å². The highest BCUT2D eigenvalue weighted by atomic mass is 32.2. The quantitative estimate of drug-likeness (QED) is 0.816. The van der Waals surface area contributed by atoms with Gasteiger partial charge in [0.25, 0.3) is 10.0 Å². The first-order chi connectivity index (χ1) is 9.82. The molecule has 0 fully saturated rings. The normalized spacial score (nSPS) is 11.1. The molecule has 2 aromatic rings. The molecule has 6 nitrogen and oxygen atoms in total. The Hall–Kier alpha value is -2.48. The number of anilines is 1. The number of carbonyl (C=O) groups excluding carboxylic acids is 1. The highest BCUT2D eigenvalue weighted by molar-refractivity contribution is 7.92. The van der Waals surface area contributed by atoms with Gasteiger partial charge in [0.1, 0.15) is 5.82 Å². The largest absolute Gasteiger partial charge is 0.543 e. The highest BCUT2D eigenvalue weighted by Crippen LogP contribution is 2.22. The monoisotopic (exact) mass is 309 g/mol. The van der Waals surface area contributed by atoms with Gasteiger partial charge in [-0.05, 0) is 36.4 Å². The maximum absolute atomic E-state index is 12.9. The number of hydrogen-bond donors (Lipinski definition) is 0. The fraction of sp³-hybridized carbons (Fsp3) is 0.0769. The molecular weight excluding hydrogens is 299 g/mol. The second-order valence-corrected chi connectivity index (χ2v) is 6.08. The van der Waals surface area contributed by atoms with E-state index < -0.39 is 21.8 Å². The summed E-state index contributed by atoms with van der Waals surface area (Å²) in [4.78, 5) is 14.2. The van der Waals surface area contributed by atoms with Crippen LogP contribution in [0.15, 0.2) is 47.5 Å². The number of pyridine rings is 1. The molecule has 1 aromatic carbocycles. The third kappa shape index (κ3) is 3.00. The second kappa shape index (κ2) is 5.49. The second-order valence-electron chi connectivity index (χ2n) is 4.11. The molecule has 0 aliphatic carbocycles. The van der Waals surface area contributed by atoms with E-state index in [-0.39, 0.29) is 16.3 Å². The van der Waals surface area contributed by atoms with Crippen molar-refractivity contribution in [3.63, 3.8) is 0 Å². The molecule has 0 saturated heterocycles. The number of benzene rings is 1. The van der Waals surface area contributed by atoms with Crippen molar-refractivity contribution in [2.45, 2.75) is 4.90 Å². The van der Waals surface area contributed by atoms with Gasteiger partial charge in [0.05, 0.1) is 22.2 Å². The van der Waals surface area contributed by atoms with Crippen LogP contribution in [-0.2, 0) is 10.0 Å². The highest BCUT2D eigenvalue weighted by Gasteiger charge is 2.21. The lowest BCUT2D eigenvalue weighted by Crippen LogP contribution is -2.28. The molecule has 1 heterocycles. The summed E-state index contributed by atoms with van der Waals surface area (Å²) in [5.74, 6) is -2.07. The van der Waals surface area contributed by atoms with Gasteiger partial charge in [0.15, 0.2) is 0 Å². The molecule has 110 valence electrons. The molecule has 0 aliphatic heterocycles. The number of aromatic nitrogens is 1. The first-order valence-corrected chi connectivity index (χ1v) is 7.18. The predicted octanol–water partition coefficient (Wildman–Crippen LogP) is 0.409. The third-order valence-corrected chi connectivity index (χ3v) is 4.59. The summed E-state index contributed by atoms with van der Waals surface area (Å²) in [6, 6.07) is 6.73. The van der Waals surface area contributed by atoms with Crippen LogP contribution < -0.4 is 9.41 Å². The van der Waals surface area contributed by atoms with E-state index in [1.807, 2.05) is 0 Å². The molecule has 0 amide bonds. The number of sulfonamides is 1. The number of hydrogen-bond acceptors (Lipinski definition) is 5. The number of halogens is 1. The summed E-state index contributed by atoms with van der Waals surface area (Å²) in [6.07, 6.45) is 1.16.